The Morgan fingerprint density at radius 2 is 1.85 bits per heavy atom. The number of carbonyl (C=O) groups is 1. The Bertz CT molecular complexity index is 287. The molecule has 0 bridgehead atoms. The van der Waals surface area contributed by atoms with Crippen molar-refractivity contribution in [3.05, 3.63) is 0 Å². The van der Waals surface area contributed by atoms with Crippen LogP contribution in [-0.2, 0) is 0 Å². The van der Waals surface area contributed by atoms with Crippen molar-refractivity contribution in [1.29, 1.82) is 0 Å². The Balaban J connectivity index is 2.12. The molecular weight excluding hydrogens is 166 g/mol. The van der Waals surface area contributed by atoms with Gasteiger partial charge in [-0.25, -0.2) is 4.79 Å². The van der Waals surface area contributed by atoms with E-state index < -0.39 is 6.03 Å². The minimum absolute atomic E-state index is 0.344. The number of hydrogen-bond donors (Lipinski definition) is 1. The van der Waals surface area contributed by atoms with E-state index in [0.717, 1.165) is 18.6 Å². The van der Waals surface area contributed by atoms with Gasteiger partial charge in [0.1, 0.15) is 0 Å². The van der Waals surface area contributed by atoms with Gasteiger partial charge in [0.25, 0.3) is 0 Å². The third-order valence-electron chi connectivity index (χ3n) is 2.69. The third kappa shape index (κ3) is 1.61. The van der Waals surface area contributed by atoms with Crippen molar-refractivity contribution in [2.75, 3.05) is 0 Å². The molecule has 2 rings (SSSR count). The van der Waals surface area contributed by atoms with Crippen molar-refractivity contribution < 1.29 is 4.79 Å². The molecule has 0 unspecified atom stereocenters. The fourth-order valence-corrected chi connectivity index (χ4v) is 2.02. The molecule has 2 aliphatic rings. The lowest BCUT2D eigenvalue weighted by Crippen LogP contribution is -2.29. The first-order valence-electron chi connectivity index (χ1n) is 4.74. The van der Waals surface area contributed by atoms with E-state index in [1.807, 2.05) is 0 Å². The van der Waals surface area contributed by atoms with E-state index in [0.29, 0.717) is 11.8 Å². The average molecular weight is 179 g/mol. The number of nitrogens with two attached hydrogens (primary N) is 1. The van der Waals surface area contributed by atoms with E-state index in [1.54, 1.807) is 0 Å². The predicted octanol–water partition coefficient (Wildman–Crippen LogP) is 1.50. The van der Waals surface area contributed by atoms with Crippen LogP contribution < -0.4 is 5.73 Å². The van der Waals surface area contributed by atoms with Crippen molar-refractivity contribution in [1.82, 2.24) is 0 Å². The number of nitrogens with zero attached hydrogens (tertiary/aromatic N) is 2. The molecule has 13 heavy (non-hydrogen) atoms. The summed E-state index contributed by atoms with van der Waals surface area (Å²) in [5.74, 6) is 0.723. The molecule has 1 saturated carbocycles. The van der Waals surface area contributed by atoms with Crippen LogP contribution in [-0.4, -0.2) is 17.6 Å². The molecule has 70 valence electrons. The highest BCUT2D eigenvalue weighted by Gasteiger charge is 2.26. The summed E-state index contributed by atoms with van der Waals surface area (Å²) in [6.07, 6.45) is 5.91. The van der Waals surface area contributed by atoms with Crippen molar-refractivity contribution >= 4 is 17.6 Å². The fourth-order valence-electron chi connectivity index (χ4n) is 2.02. The molecule has 1 heterocycles. The molecular formula is C9H13N3O. The Kier molecular flexibility index (Phi) is 2.12. The van der Waals surface area contributed by atoms with Crippen molar-refractivity contribution in [3.8, 4) is 0 Å². The van der Waals surface area contributed by atoms with Gasteiger partial charge in [-0.1, -0.05) is 19.3 Å². The first-order valence-corrected chi connectivity index (χ1v) is 4.74. The Morgan fingerprint density at radius 3 is 2.38 bits per heavy atom. The number of amides is 2. The van der Waals surface area contributed by atoms with Crippen molar-refractivity contribution in [2.45, 2.75) is 32.1 Å². The topological polar surface area (TPSA) is 67.8 Å². The van der Waals surface area contributed by atoms with Crippen molar-refractivity contribution in [2.24, 2.45) is 21.6 Å². The number of hydrogen-bond acceptors (Lipinski definition) is 2. The summed E-state index contributed by atoms with van der Waals surface area (Å²) >= 11 is 0. The third-order valence-corrected chi connectivity index (χ3v) is 2.69. The zero-order chi connectivity index (χ0) is 9.26. The van der Waals surface area contributed by atoms with E-state index >= 15 is 0 Å². The molecule has 0 aromatic heterocycles. The van der Waals surface area contributed by atoms with Crippen LogP contribution in [0.5, 0.6) is 0 Å². The predicted molar refractivity (Wildman–Crippen MR) is 51.0 cm³/mol. The van der Waals surface area contributed by atoms with Crippen LogP contribution >= 0.6 is 0 Å². The molecule has 4 nitrogen and oxygen atoms in total. The SMILES string of the molecule is NC1=NC(=O)N=C1C1CCCCC1. The summed E-state index contributed by atoms with van der Waals surface area (Å²) in [7, 11) is 0. The van der Waals surface area contributed by atoms with Crippen LogP contribution in [0.25, 0.3) is 0 Å². The number of rotatable bonds is 1. The normalized spacial score (nSPS) is 24.5. The Labute approximate surface area is 76.9 Å². The second-order valence-corrected chi connectivity index (χ2v) is 3.61. The minimum atomic E-state index is -0.432. The quantitative estimate of drug-likeness (QED) is 0.662. The maximum atomic E-state index is 10.9. The van der Waals surface area contributed by atoms with Gasteiger partial charge in [-0.2, -0.15) is 9.98 Å². The molecule has 1 aliphatic carbocycles. The highest BCUT2D eigenvalue weighted by atomic mass is 16.2. The largest absolute Gasteiger partial charge is 0.382 e. The lowest BCUT2D eigenvalue weighted by atomic mass is 9.85. The van der Waals surface area contributed by atoms with Crippen molar-refractivity contribution in [3.63, 3.8) is 0 Å². The summed E-state index contributed by atoms with van der Waals surface area (Å²) in [5, 5.41) is 0. The molecule has 0 saturated heterocycles. The highest BCUT2D eigenvalue weighted by Crippen LogP contribution is 2.26. The van der Waals surface area contributed by atoms with Gasteiger partial charge in [-0.3, -0.25) is 0 Å². The Hall–Kier alpha value is -1.19. The molecule has 0 radical (unpaired) electrons. The van der Waals surface area contributed by atoms with Gasteiger partial charge < -0.3 is 5.73 Å². The maximum Gasteiger partial charge on any atom is 0.369 e. The summed E-state index contributed by atoms with van der Waals surface area (Å²) in [6, 6.07) is -0.432. The van der Waals surface area contributed by atoms with E-state index in [1.165, 1.54) is 19.3 Å². The number of urea groups is 1. The van der Waals surface area contributed by atoms with Gasteiger partial charge in [-0.05, 0) is 12.8 Å². The van der Waals surface area contributed by atoms with E-state index in [2.05, 4.69) is 9.98 Å². The standard InChI is InChI=1S/C9H13N3O/c10-8-7(11-9(13)12-8)6-4-2-1-3-5-6/h6H,1-5H2,(H2,10,12,13). The Morgan fingerprint density at radius 1 is 1.15 bits per heavy atom. The molecule has 0 spiro atoms. The van der Waals surface area contributed by atoms with Gasteiger partial charge in [0, 0.05) is 5.92 Å². The van der Waals surface area contributed by atoms with Crippen LogP contribution in [0.1, 0.15) is 32.1 Å². The van der Waals surface area contributed by atoms with E-state index in [-0.39, 0.29) is 0 Å². The summed E-state index contributed by atoms with van der Waals surface area (Å²) in [6.45, 7) is 0. The summed E-state index contributed by atoms with van der Waals surface area (Å²) < 4.78 is 0. The molecule has 2 N–H and O–H groups in total. The zero-order valence-corrected chi connectivity index (χ0v) is 7.49. The number of aliphatic imine (C=N–C) groups is 2. The van der Waals surface area contributed by atoms with Crippen LogP contribution in [0, 0.1) is 5.92 Å². The van der Waals surface area contributed by atoms with Crippen LogP contribution in [0.3, 0.4) is 0 Å². The van der Waals surface area contributed by atoms with Gasteiger partial charge in [-0.15, -0.1) is 0 Å². The van der Waals surface area contributed by atoms with Crippen LogP contribution in [0.2, 0.25) is 0 Å². The summed E-state index contributed by atoms with van der Waals surface area (Å²) in [5.41, 5.74) is 6.34. The average Bonchev–Trinajstić information content (AvgIpc) is 2.47. The first kappa shape index (κ1) is 8.41. The molecule has 1 fully saturated rings. The molecule has 0 aromatic rings. The number of amidine groups is 1. The molecule has 4 heteroatoms. The van der Waals surface area contributed by atoms with Gasteiger partial charge >= 0.3 is 6.03 Å². The maximum absolute atomic E-state index is 10.9. The van der Waals surface area contributed by atoms with Gasteiger partial charge in [0.15, 0.2) is 5.84 Å². The van der Waals surface area contributed by atoms with Crippen LogP contribution in [0.15, 0.2) is 9.98 Å². The second kappa shape index (κ2) is 3.28. The fraction of sp³-hybridized carbons (Fsp3) is 0.667. The lowest BCUT2D eigenvalue weighted by molar-refractivity contribution is 0.257. The molecule has 1 aliphatic heterocycles. The minimum Gasteiger partial charge on any atom is -0.382 e. The molecule has 0 aromatic carbocycles. The van der Waals surface area contributed by atoms with Gasteiger partial charge in [0.2, 0.25) is 0 Å². The number of carbonyl (C=O) groups excluding carboxylic acids is 1. The highest BCUT2D eigenvalue weighted by molar-refractivity contribution is 6.47. The molecule has 2 amide bonds. The van der Waals surface area contributed by atoms with E-state index in [9.17, 15) is 4.79 Å². The first-order chi connectivity index (χ1) is 6.27. The second-order valence-electron chi connectivity index (χ2n) is 3.61. The zero-order valence-electron chi connectivity index (χ0n) is 7.49. The monoisotopic (exact) mass is 179 g/mol. The lowest BCUT2D eigenvalue weighted by Gasteiger charge is -2.20. The smallest absolute Gasteiger partial charge is 0.369 e. The summed E-state index contributed by atoms with van der Waals surface area (Å²) in [4.78, 5) is 18.3. The molecule has 0 atom stereocenters. The van der Waals surface area contributed by atoms with Crippen LogP contribution in [0.4, 0.5) is 4.79 Å². The van der Waals surface area contributed by atoms with Gasteiger partial charge in [0.05, 0.1) is 5.71 Å². The van der Waals surface area contributed by atoms with E-state index in [4.69, 9.17) is 5.73 Å².